The van der Waals surface area contributed by atoms with Crippen molar-refractivity contribution in [1.29, 1.82) is 0 Å². The van der Waals surface area contributed by atoms with Crippen molar-refractivity contribution in [2.24, 2.45) is 0 Å². The third kappa shape index (κ3) is 61.4. The van der Waals surface area contributed by atoms with E-state index in [1.54, 1.807) is 0 Å². The van der Waals surface area contributed by atoms with Gasteiger partial charge in [0.15, 0.2) is 0 Å². The Morgan fingerprint density at radius 3 is 0.947 bits per heavy atom. The molecule has 0 saturated heterocycles. The molecule has 0 aliphatic rings. The average Bonchev–Trinajstić information content (AvgIpc) is 3.41. The van der Waals surface area contributed by atoms with Crippen molar-refractivity contribution in [1.82, 2.24) is 5.32 Å². The summed E-state index contributed by atoms with van der Waals surface area (Å²) in [6, 6.07) is -0.538. The van der Waals surface area contributed by atoms with E-state index >= 15 is 0 Å². The van der Waals surface area contributed by atoms with E-state index in [0.29, 0.717) is 25.9 Å². The van der Waals surface area contributed by atoms with Crippen LogP contribution in [0.3, 0.4) is 0 Å². The largest absolute Gasteiger partial charge is 0.466 e. The van der Waals surface area contributed by atoms with Gasteiger partial charge < -0.3 is 20.3 Å². The van der Waals surface area contributed by atoms with E-state index in [2.05, 4.69) is 43.5 Å². The molecule has 444 valence electrons. The molecule has 0 rings (SSSR count). The van der Waals surface area contributed by atoms with Crippen LogP contribution in [-0.4, -0.2) is 47.4 Å². The molecule has 2 atom stereocenters. The zero-order valence-electron chi connectivity index (χ0n) is 50.8. The molecule has 1 amide bonds. The third-order valence-corrected chi connectivity index (χ3v) is 16.0. The Kier molecular flexibility index (Phi) is 63.4. The van der Waals surface area contributed by atoms with E-state index in [4.69, 9.17) is 4.74 Å². The summed E-state index contributed by atoms with van der Waals surface area (Å²) in [5.74, 6) is -0.0186. The third-order valence-electron chi connectivity index (χ3n) is 16.0. The molecule has 0 bridgehead atoms. The second kappa shape index (κ2) is 64.9. The number of nitrogens with one attached hydrogen (secondary N) is 1. The van der Waals surface area contributed by atoms with Gasteiger partial charge in [-0.05, 0) is 77.0 Å². The van der Waals surface area contributed by atoms with Crippen LogP contribution in [0, 0.1) is 0 Å². The number of esters is 1. The van der Waals surface area contributed by atoms with Gasteiger partial charge in [-0.15, -0.1) is 0 Å². The summed E-state index contributed by atoms with van der Waals surface area (Å²) in [7, 11) is 0. The van der Waals surface area contributed by atoms with E-state index < -0.39 is 12.1 Å². The minimum absolute atomic E-state index is 0.0143. The number of carbonyl (C=O) groups excluding carboxylic acids is 2. The molecule has 0 aromatic heterocycles. The highest BCUT2D eigenvalue weighted by atomic mass is 16.5. The van der Waals surface area contributed by atoms with Crippen molar-refractivity contribution in [3.63, 3.8) is 0 Å². The van der Waals surface area contributed by atoms with Crippen LogP contribution < -0.4 is 5.32 Å². The fourth-order valence-electron chi connectivity index (χ4n) is 10.7. The molecular formula is C69H133NO5. The van der Waals surface area contributed by atoms with Crippen molar-refractivity contribution in [3.05, 3.63) is 24.3 Å². The van der Waals surface area contributed by atoms with Crippen LogP contribution in [0.5, 0.6) is 0 Å². The first-order chi connectivity index (χ1) is 37.0. The number of allylic oxidation sites excluding steroid dienone is 4. The van der Waals surface area contributed by atoms with Gasteiger partial charge in [-0.2, -0.15) is 0 Å². The van der Waals surface area contributed by atoms with E-state index in [1.165, 1.54) is 302 Å². The highest BCUT2D eigenvalue weighted by Gasteiger charge is 2.20. The second-order valence-electron chi connectivity index (χ2n) is 23.5. The molecule has 6 nitrogen and oxygen atoms in total. The van der Waals surface area contributed by atoms with Crippen molar-refractivity contribution >= 4 is 11.9 Å². The summed E-state index contributed by atoms with van der Waals surface area (Å²) in [5, 5.41) is 23.2. The number of hydrogen-bond acceptors (Lipinski definition) is 5. The molecule has 0 aromatic carbocycles. The summed E-state index contributed by atoms with van der Waals surface area (Å²) < 4.78 is 5.50. The predicted molar refractivity (Wildman–Crippen MR) is 329 cm³/mol. The summed E-state index contributed by atoms with van der Waals surface area (Å²) in [5.41, 5.74) is 0. The SMILES string of the molecule is CCCCCCCC/C=C\CCCCCCCCCC(=O)OCCCCCCCCCCCCCC/C=C\CCCCCCCCCCCCCCCCC(=O)NC(CO)C(O)CCCCCCCCCCCCC. The zero-order valence-corrected chi connectivity index (χ0v) is 50.8. The van der Waals surface area contributed by atoms with Gasteiger partial charge in [-0.1, -0.05) is 314 Å². The lowest BCUT2D eigenvalue weighted by Gasteiger charge is -2.22. The lowest BCUT2D eigenvalue weighted by Crippen LogP contribution is -2.45. The van der Waals surface area contributed by atoms with Crippen LogP contribution in [0.1, 0.15) is 380 Å². The molecule has 0 fully saturated rings. The van der Waals surface area contributed by atoms with Gasteiger partial charge in [0.1, 0.15) is 0 Å². The Labute approximate surface area is 469 Å². The molecule has 0 heterocycles. The molecule has 2 unspecified atom stereocenters. The highest BCUT2D eigenvalue weighted by Crippen LogP contribution is 2.18. The number of ether oxygens (including phenoxy) is 1. The van der Waals surface area contributed by atoms with Gasteiger partial charge in [0.25, 0.3) is 0 Å². The molecule has 75 heavy (non-hydrogen) atoms. The minimum Gasteiger partial charge on any atom is -0.466 e. The maximum atomic E-state index is 12.5. The molecule has 3 N–H and O–H groups in total. The monoisotopic (exact) mass is 1060 g/mol. The molecule has 0 aliphatic carbocycles. The molecule has 6 heteroatoms. The fourth-order valence-corrected chi connectivity index (χ4v) is 10.7. The topological polar surface area (TPSA) is 95.9 Å². The Hall–Kier alpha value is -1.66. The average molecular weight is 1060 g/mol. The van der Waals surface area contributed by atoms with Crippen molar-refractivity contribution in [2.45, 2.75) is 392 Å². The molecule has 0 aliphatic heterocycles. The maximum absolute atomic E-state index is 12.5. The lowest BCUT2D eigenvalue weighted by molar-refractivity contribution is -0.143. The highest BCUT2D eigenvalue weighted by molar-refractivity contribution is 5.76. The van der Waals surface area contributed by atoms with Gasteiger partial charge in [-0.25, -0.2) is 0 Å². The van der Waals surface area contributed by atoms with E-state index in [1.807, 2.05) is 0 Å². The summed E-state index contributed by atoms with van der Waals surface area (Å²) >= 11 is 0. The predicted octanol–water partition coefficient (Wildman–Crippen LogP) is 21.8. The van der Waals surface area contributed by atoms with E-state index in [9.17, 15) is 19.8 Å². The second-order valence-corrected chi connectivity index (χ2v) is 23.5. The van der Waals surface area contributed by atoms with Gasteiger partial charge in [-0.3, -0.25) is 9.59 Å². The first-order valence-corrected chi connectivity index (χ1v) is 34.1. The van der Waals surface area contributed by atoms with Gasteiger partial charge in [0, 0.05) is 12.8 Å². The molecule has 0 aromatic rings. The Bertz CT molecular complexity index is 1170. The van der Waals surface area contributed by atoms with Crippen LogP contribution in [0.25, 0.3) is 0 Å². The zero-order chi connectivity index (χ0) is 54.3. The number of aliphatic hydroxyl groups excluding tert-OH is 2. The smallest absolute Gasteiger partial charge is 0.305 e. The van der Waals surface area contributed by atoms with Crippen LogP contribution >= 0.6 is 0 Å². The lowest BCUT2D eigenvalue weighted by atomic mass is 10.0. The Morgan fingerprint density at radius 2 is 0.627 bits per heavy atom. The first kappa shape index (κ1) is 73.3. The standard InChI is InChI=1S/C69H133NO5/c1-3-5-7-9-11-13-15-16-17-32-36-39-43-47-51-55-59-63-69(74)75-64-60-56-52-48-44-40-37-34-31-29-27-25-23-21-19-18-20-22-24-26-28-30-33-35-38-42-46-50-54-58-62-68(73)70-66(65-71)67(72)61-57-53-49-45-41-14-12-10-8-6-4-2/h16-17,19,21,66-67,71-72H,3-15,18,20,22-65H2,1-2H3,(H,70,73)/b17-16-,21-19-. The van der Waals surface area contributed by atoms with Crippen molar-refractivity contribution < 1.29 is 24.5 Å². The number of carbonyl (C=O) groups is 2. The summed E-state index contributed by atoms with van der Waals surface area (Å²) in [6.07, 6.45) is 80.8. The van der Waals surface area contributed by atoms with Crippen LogP contribution in [0.15, 0.2) is 24.3 Å². The number of aliphatic hydroxyl groups is 2. The first-order valence-electron chi connectivity index (χ1n) is 34.1. The van der Waals surface area contributed by atoms with Crippen molar-refractivity contribution in [3.8, 4) is 0 Å². The quantitative estimate of drug-likeness (QED) is 0.0320. The number of unbranched alkanes of at least 4 members (excludes halogenated alkanes) is 49. The normalized spacial score (nSPS) is 12.6. The molecular weight excluding hydrogens is 923 g/mol. The Balaban J connectivity index is 3.33. The van der Waals surface area contributed by atoms with Gasteiger partial charge in [0.05, 0.1) is 25.4 Å². The minimum atomic E-state index is -0.661. The number of hydrogen-bond donors (Lipinski definition) is 3. The van der Waals surface area contributed by atoms with Gasteiger partial charge in [0.2, 0.25) is 5.91 Å². The van der Waals surface area contributed by atoms with Crippen LogP contribution in [0.2, 0.25) is 0 Å². The van der Waals surface area contributed by atoms with Crippen LogP contribution in [-0.2, 0) is 14.3 Å². The summed E-state index contributed by atoms with van der Waals surface area (Å²) in [4.78, 5) is 24.5. The molecule has 0 spiro atoms. The fraction of sp³-hybridized carbons (Fsp3) is 0.913. The number of amides is 1. The Morgan fingerprint density at radius 1 is 0.360 bits per heavy atom. The molecule has 0 saturated carbocycles. The maximum Gasteiger partial charge on any atom is 0.305 e. The van der Waals surface area contributed by atoms with E-state index in [0.717, 1.165) is 44.9 Å². The van der Waals surface area contributed by atoms with Crippen molar-refractivity contribution in [2.75, 3.05) is 13.2 Å². The summed E-state index contributed by atoms with van der Waals surface area (Å²) in [6.45, 7) is 4.96. The molecule has 0 radical (unpaired) electrons. The van der Waals surface area contributed by atoms with Crippen LogP contribution in [0.4, 0.5) is 0 Å². The van der Waals surface area contributed by atoms with Gasteiger partial charge >= 0.3 is 5.97 Å². The number of rotatable bonds is 64. The van der Waals surface area contributed by atoms with E-state index in [-0.39, 0.29) is 18.5 Å².